The number of nitrogens with two attached hydrogens (primary N) is 1. The average Bonchev–Trinajstić information content (AvgIpc) is 2.81. The SMILES string of the molecule is CC1(C)C(=O)N(c2ccc(N)c(C(F)(F)F)c2)C(=O)N1Cc1cccc(C(F)(F)F)c1. The molecule has 0 atom stereocenters. The van der Waals surface area contributed by atoms with Crippen LogP contribution in [0, 0.1) is 0 Å². The molecule has 2 N–H and O–H groups in total. The molecule has 3 rings (SSSR count). The van der Waals surface area contributed by atoms with Crippen LogP contribution < -0.4 is 10.6 Å². The number of hydrogen-bond donors (Lipinski definition) is 1. The lowest BCUT2D eigenvalue weighted by Crippen LogP contribution is -2.43. The van der Waals surface area contributed by atoms with Gasteiger partial charge in [-0.25, -0.2) is 9.69 Å². The van der Waals surface area contributed by atoms with Gasteiger partial charge in [0.15, 0.2) is 0 Å². The Labute approximate surface area is 173 Å². The number of amides is 3. The number of carbonyl (C=O) groups is 2. The number of alkyl halides is 6. The molecule has 1 fully saturated rings. The highest BCUT2D eigenvalue weighted by molar-refractivity contribution is 6.23. The molecule has 0 unspecified atom stereocenters. The number of benzene rings is 2. The fourth-order valence-corrected chi connectivity index (χ4v) is 3.29. The molecule has 0 radical (unpaired) electrons. The standard InChI is InChI=1S/C20H17F6N3O2/c1-18(2)16(30)29(13-6-7-15(27)14(9-13)20(24,25)26)17(31)28(18)10-11-4-3-5-12(8-11)19(21,22)23/h3-9H,10,27H2,1-2H3. The third-order valence-corrected chi connectivity index (χ3v) is 5.02. The maximum Gasteiger partial charge on any atom is 0.418 e. The number of nitrogen functional groups attached to an aromatic ring is 1. The number of anilines is 2. The second-order valence-corrected chi connectivity index (χ2v) is 7.54. The van der Waals surface area contributed by atoms with Crippen LogP contribution in [0.2, 0.25) is 0 Å². The molecule has 1 saturated heterocycles. The molecule has 2 aromatic carbocycles. The molecule has 0 bridgehead atoms. The maximum absolute atomic E-state index is 13.2. The summed E-state index contributed by atoms with van der Waals surface area (Å²) in [7, 11) is 0. The average molecular weight is 445 g/mol. The fraction of sp³-hybridized carbons (Fsp3) is 0.300. The molecule has 5 nitrogen and oxygen atoms in total. The number of rotatable bonds is 3. The highest BCUT2D eigenvalue weighted by Gasteiger charge is 2.52. The largest absolute Gasteiger partial charge is 0.418 e. The highest BCUT2D eigenvalue weighted by Crippen LogP contribution is 2.39. The van der Waals surface area contributed by atoms with Crippen molar-refractivity contribution in [2.24, 2.45) is 0 Å². The van der Waals surface area contributed by atoms with Gasteiger partial charge in [0.2, 0.25) is 0 Å². The van der Waals surface area contributed by atoms with E-state index in [0.717, 1.165) is 29.2 Å². The van der Waals surface area contributed by atoms with Crippen molar-refractivity contribution >= 4 is 23.3 Å². The minimum absolute atomic E-state index is 0.110. The van der Waals surface area contributed by atoms with Gasteiger partial charge in [0.25, 0.3) is 5.91 Å². The van der Waals surface area contributed by atoms with Gasteiger partial charge in [-0.05, 0) is 49.7 Å². The normalized spacial score (nSPS) is 16.9. The monoisotopic (exact) mass is 445 g/mol. The summed E-state index contributed by atoms with van der Waals surface area (Å²) in [6, 6.07) is 5.91. The van der Waals surface area contributed by atoms with Crippen LogP contribution in [0.4, 0.5) is 42.5 Å². The first-order valence-electron chi connectivity index (χ1n) is 8.93. The van der Waals surface area contributed by atoms with E-state index >= 15 is 0 Å². The lowest BCUT2D eigenvalue weighted by atomic mass is 10.0. The molecular weight excluding hydrogens is 428 g/mol. The second kappa shape index (κ2) is 7.17. The number of hydrogen-bond acceptors (Lipinski definition) is 3. The van der Waals surface area contributed by atoms with Crippen LogP contribution in [-0.4, -0.2) is 22.4 Å². The van der Waals surface area contributed by atoms with Gasteiger partial charge in [-0.2, -0.15) is 26.3 Å². The summed E-state index contributed by atoms with van der Waals surface area (Å²) >= 11 is 0. The quantitative estimate of drug-likeness (QED) is 0.408. The van der Waals surface area contributed by atoms with E-state index in [2.05, 4.69) is 0 Å². The summed E-state index contributed by atoms with van der Waals surface area (Å²) in [6.07, 6.45) is -9.40. The van der Waals surface area contributed by atoms with E-state index in [4.69, 9.17) is 5.73 Å². The molecule has 0 aromatic heterocycles. The van der Waals surface area contributed by atoms with E-state index in [0.29, 0.717) is 11.0 Å². The van der Waals surface area contributed by atoms with Crippen LogP contribution in [0.25, 0.3) is 0 Å². The molecule has 0 saturated carbocycles. The van der Waals surface area contributed by atoms with Crippen LogP contribution in [0.5, 0.6) is 0 Å². The van der Waals surface area contributed by atoms with Crippen molar-refractivity contribution in [1.82, 2.24) is 4.90 Å². The Hall–Kier alpha value is -3.24. The third kappa shape index (κ3) is 4.04. The van der Waals surface area contributed by atoms with Gasteiger partial charge in [0, 0.05) is 12.2 Å². The van der Waals surface area contributed by atoms with E-state index in [-0.39, 0.29) is 17.8 Å². The zero-order valence-electron chi connectivity index (χ0n) is 16.3. The lowest BCUT2D eigenvalue weighted by Gasteiger charge is -2.28. The molecule has 1 aliphatic heterocycles. The van der Waals surface area contributed by atoms with Crippen LogP contribution in [0.3, 0.4) is 0 Å². The molecule has 1 aliphatic rings. The van der Waals surface area contributed by atoms with Crippen LogP contribution >= 0.6 is 0 Å². The summed E-state index contributed by atoms with van der Waals surface area (Å²) in [5.41, 5.74) is 0.922. The van der Waals surface area contributed by atoms with Crippen molar-refractivity contribution in [3.05, 3.63) is 59.2 Å². The Morgan fingerprint density at radius 3 is 2.16 bits per heavy atom. The minimum Gasteiger partial charge on any atom is -0.398 e. The maximum atomic E-state index is 13.2. The fourth-order valence-electron chi connectivity index (χ4n) is 3.29. The Balaban J connectivity index is 1.98. The summed E-state index contributed by atoms with van der Waals surface area (Å²) in [5, 5.41) is 0. The van der Waals surface area contributed by atoms with Crippen molar-refractivity contribution in [1.29, 1.82) is 0 Å². The highest BCUT2D eigenvalue weighted by atomic mass is 19.4. The molecule has 0 spiro atoms. The smallest absolute Gasteiger partial charge is 0.398 e. The zero-order valence-corrected chi connectivity index (χ0v) is 16.3. The third-order valence-electron chi connectivity index (χ3n) is 5.02. The molecule has 2 aromatic rings. The molecule has 1 heterocycles. The number of carbonyl (C=O) groups excluding carboxylic acids is 2. The predicted molar refractivity (Wildman–Crippen MR) is 99.8 cm³/mol. The predicted octanol–water partition coefficient (Wildman–Crippen LogP) is 5.05. The van der Waals surface area contributed by atoms with Gasteiger partial charge >= 0.3 is 18.4 Å². The molecule has 11 heteroatoms. The van der Waals surface area contributed by atoms with Crippen molar-refractivity contribution in [2.75, 3.05) is 10.6 Å². The number of nitrogens with zero attached hydrogens (tertiary/aromatic N) is 2. The Bertz CT molecular complexity index is 1050. The minimum atomic E-state index is -4.81. The van der Waals surface area contributed by atoms with Gasteiger partial charge in [0.1, 0.15) is 5.54 Å². The Morgan fingerprint density at radius 1 is 0.935 bits per heavy atom. The Kier molecular flexibility index (Phi) is 5.19. The second-order valence-electron chi connectivity index (χ2n) is 7.54. The van der Waals surface area contributed by atoms with E-state index < -0.39 is 46.6 Å². The van der Waals surface area contributed by atoms with Crippen molar-refractivity contribution in [3.63, 3.8) is 0 Å². The first-order valence-corrected chi connectivity index (χ1v) is 8.93. The van der Waals surface area contributed by atoms with Gasteiger partial charge < -0.3 is 10.6 Å². The summed E-state index contributed by atoms with van der Waals surface area (Å²) in [6.45, 7) is 2.38. The van der Waals surface area contributed by atoms with Gasteiger partial charge in [-0.15, -0.1) is 0 Å². The Morgan fingerprint density at radius 2 is 1.58 bits per heavy atom. The van der Waals surface area contributed by atoms with E-state index in [1.807, 2.05) is 0 Å². The van der Waals surface area contributed by atoms with E-state index in [1.54, 1.807) is 0 Å². The molecule has 0 aliphatic carbocycles. The molecule has 3 amide bonds. The van der Waals surface area contributed by atoms with Gasteiger partial charge in [-0.1, -0.05) is 12.1 Å². The summed E-state index contributed by atoms with van der Waals surface area (Å²) in [5.74, 6) is -0.817. The van der Waals surface area contributed by atoms with Crippen molar-refractivity contribution < 1.29 is 35.9 Å². The molecular formula is C20H17F6N3O2. The van der Waals surface area contributed by atoms with Gasteiger partial charge in [0.05, 0.1) is 16.8 Å². The lowest BCUT2D eigenvalue weighted by molar-refractivity contribution is -0.138. The molecule has 31 heavy (non-hydrogen) atoms. The van der Waals surface area contributed by atoms with Crippen molar-refractivity contribution in [3.8, 4) is 0 Å². The zero-order chi connectivity index (χ0) is 23.4. The number of imide groups is 1. The van der Waals surface area contributed by atoms with Crippen LogP contribution in [-0.2, 0) is 23.7 Å². The van der Waals surface area contributed by atoms with E-state index in [9.17, 15) is 35.9 Å². The van der Waals surface area contributed by atoms with Crippen molar-refractivity contribution in [2.45, 2.75) is 38.3 Å². The van der Waals surface area contributed by atoms with Gasteiger partial charge in [-0.3, -0.25) is 4.79 Å². The summed E-state index contributed by atoms with van der Waals surface area (Å²) < 4.78 is 78.5. The first-order chi connectivity index (χ1) is 14.1. The van der Waals surface area contributed by atoms with Crippen LogP contribution in [0.15, 0.2) is 42.5 Å². The number of halogens is 6. The van der Waals surface area contributed by atoms with E-state index in [1.165, 1.54) is 26.0 Å². The number of urea groups is 1. The summed E-state index contributed by atoms with van der Waals surface area (Å²) in [4.78, 5) is 27.4. The molecule has 166 valence electrons. The topological polar surface area (TPSA) is 66.6 Å². The first kappa shape index (κ1) is 22.4. The van der Waals surface area contributed by atoms with Crippen LogP contribution in [0.1, 0.15) is 30.5 Å².